The number of halogens is 1. The number of nitrogens with zero attached hydrogens (tertiary/aromatic N) is 2. The molecule has 0 bridgehead atoms. The Morgan fingerprint density at radius 3 is 2.88 bits per heavy atom. The van der Waals surface area contributed by atoms with Crippen LogP contribution >= 0.6 is 15.9 Å². The highest BCUT2D eigenvalue weighted by Gasteiger charge is 2.29. The minimum absolute atomic E-state index is 0.599. The number of anilines is 1. The molecule has 0 aliphatic heterocycles. The van der Waals surface area contributed by atoms with Crippen LogP contribution in [-0.4, -0.2) is 9.78 Å². The molecule has 0 unspecified atom stereocenters. The van der Waals surface area contributed by atoms with Crippen LogP contribution in [0.15, 0.2) is 34.9 Å². The number of benzene rings is 1. The molecule has 4 heteroatoms. The van der Waals surface area contributed by atoms with Crippen molar-refractivity contribution in [3.8, 4) is 5.69 Å². The van der Waals surface area contributed by atoms with Crippen LogP contribution in [0.5, 0.6) is 0 Å². The predicted octanol–water partition coefficient (Wildman–Crippen LogP) is 3.09. The van der Waals surface area contributed by atoms with E-state index in [0.717, 1.165) is 21.5 Å². The first-order valence-electron chi connectivity index (χ1n) is 5.35. The van der Waals surface area contributed by atoms with E-state index in [9.17, 15) is 0 Å². The fraction of sp³-hybridized carbons (Fsp3) is 0.250. The molecule has 2 N–H and O–H groups in total. The van der Waals surface area contributed by atoms with E-state index in [1.54, 1.807) is 6.20 Å². The molecule has 3 nitrogen and oxygen atoms in total. The molecule has 0 amide bonds. The molecule has 16 heavy (non-hydrogen) atoms. The molecule has 82 valence electrons. The van der Waals surface area contributed by atoms with Crippen LogP contribution < -0.4 is 5.73 Å². The summed E-state index contributed by atoms with van der Waals surface area (Å²) in [5.74, 6) is 0.599. The van der Waals surface area contributed by atoms with Gasteiger partial charge in [-0.25, -0.2) is 4.68 Å². The van der Waals surface area contributed by atoms with Crippen molar-refractivity contribution < 1.29 is 0 Å². The Morgan fingerprint density at radius 2 is 2.19 bits per heavy atom. The first kappa shape index (κ1) is 9.90. The van der Waals surface area contributed by atoms with Crippen LogP contribution in [0.4, 0.5) is 5.69 Å². The van der Waals surface area contributed by atoms with Crippen molar-refractivity contribution in [2.45, 2.75) is 18.8 Å². The van der Waals surface area contributed by atoms with Crippen molar-refractivity contribution in [1.82, 2.24) is 9.78 Å². The maximum absolute atomic E-state index is 5.96. The smallest absolute Gasteiger partial charge is 0.0740 e. The zero-order chi connectivity index (χ0) is 11.1. The largest absolute Gasteiger partial charge is 0.396 e. The standard InChI is InChI=1S/C12H12BrN3/c13-9-2-1-3-10(6-9)16-12(8-4-5-8)11(14)7-15-16/h1-3,6-8H,4-5,14H2. The minimum Gasteiger partial charge on any atom is -0.396 e. The first-order valence-corrected chi connectivity index (χ1v) is 6.14. The lowest BCUT2D eigenvalue weighted by Crippen LogP contribution is -2.02. The molecule has 1 aromatic carbocycles. The zero-order valence-electron chi connectivity index (χ0n) is 8.73. The lowest BCUT2D eigenvalue weighted by atomic mass is 10.2. The Balaban J connectivity index is 2.12. The fourth-order valence-corrected chi connectivity index (χ4v) is 2.34. The summed E-state index contributed by atoms with van der Waals surface area (Å²) < 4.78 is 3.01. The van der Waals surface area contributed by atoms with E-state index in [4.69, 9.17) is 5.73 Å². The normalized spacial score (nSPS) is 15.3. The molecule has 1 aliphatic rings. The highest BCUT2D eigenvalue weighted by molar-refractivity contribution is 9.10. The number of nitrogen functional groups attached to an aromatic ring is 1. The summed E-state index contributed by atoms with van der Waals surface area (Å²) in [7, 11) is 0. The third-order valence-corrected chi connectivity index (χ3v) is 3.35. The molecule has 0 saturated heterocycles. The molecule has 0 spiro atoms. The van der Waals surface area contributed by atoms with E-state index in [2.05, 4.69) is 27.1 Å². The van der Waals surface area contributed by atoms with Gasteiger partial charge in [0.1, 0.15) is 0 Å². The van der Waals surface area contributed by atoms with Crippen LogP contribution in [0.3, 0.4) is 0 Å². The van der Waals surface area contributed by atoms with E-state index in [0.29, 0.717) is 5.92 Å². The number of rotatable bonds is 2. The molecule has 1 saturated carbocycles. The molecule has 1 aromatic heterocycles. The maximum atomic E-state index is 5.96. The summed E-state index contributed by atoms with van der Waals surface area (Å²) in [6, 6.07) is 8.11. The van der Waals surface area contributed by atoms with E-state index in [1.807, 2.05) is 22.9 Å². The van der Waals surface area contributed by atoms with Crippen molar-refractivity contribution >= 4 is 21.6 Å². The Labute approximate surface area is 102 Å². The first-order chi connectivity index (χ1) is 7.75. The third-order valence-electron chi connectivity index (χ3n) is 2.85. The average molecular weight is 278 g/mol. The summed E-state index contributed by atoms with van der Waals surface area (Å²) in [4.78, 5) is 0. The highest BCUT2D eigenvalue weighted by atomic mass is 79.9. The Hall–Kier alpha value is -1.29. The molecule has 0 radical (unpaired) electrons. The number of hydrogen-bond acceptors (Lipinski definition) is 2. The SMILES string of the molecule is Nc1cnn(-c2cccc(Br)c2)c1C1CC1. The van der Waals surface area contributed by atoms with Crippen LogP contribution in [0.2, 0.25) is 0 Å². The average Bonchev–Trinajstić information content (AvgIpc) is 3.02. The summed E-state index contributed by atoms with van der Waals surface area (Å²) >= 11 is 3.47. The van der Waals surface area contributed by atoms with E-state index >= 15 is 0 Å². The van der Waals surface area contributed by atoms with Crippen LogP contribution in [0, 0.1) is 0 Å². The highest BCUT2D eigenvalue weighted by Crippen LogP contribution is 2.43. The van der Waals surface area contributed by atoms with Gasteiger partial charge in [0.15, 0.2) is 0 Å². The van der Waals surface area contributed by atoms with Gasteiger partial charge in [0, 0.05) is 10.4 Å². The van der Waals surface area contributed by atoms with Gasteiger partial charge in [0.2, 0.25) is 0 Å². The van der Waals surface area contributed by atoms with E-state index < -0.39 is 0 Å². The number of nitrogens with two attached hydrogens (primary N) is 1. The number of hydrogen-bond donors (Lipinski definition) is 1. The van der Waals surface area contributed by atoms with E-state index in [1.165, 1.54) is 12.8 Å². The molecule has 1 fully saturated rings. The second-order valence-corrected chi connectivity index (χ2v) is 5.07. The molecule has 2 aromatic rings. The third kappa shape index (κ3) is 1.63. The Bertz CT molecular complexity index is 529. The van der Waals surface area contributed by atoms with Crippen molar-refractivity contribution in [2.75, 3.05) is 5.73 Å². The van der Waals surface area contributed by atoms with Crippen LogP contribution in [0.1, 0.15) is 24.5 Å². The summed E-state index contributed by atoms with van der Waals surface area (Å²) in [5, 5.41) is 4.36. The monoisotopic (exact) mass is 277 g/mol. The van der Waals surface area contributed by atoms with Gasteiger partial charge in [-0.1, -0.05) is 22.0 Å². The predicted molar refractivity (Wildman–Crippen MR) is 67.7 cm³/mol. The fourth-order valence-electron chi connectivity index (χ4n) is 1.95. The van der Waals surface area contributed by atoms with Gasteiger partial charge in [-0.3, -0.25) is 0 Å². The minimum atomic E-state index is 0.599. The topological polar surface area (TPSA) is 43.8 Å². The summed E-state index contributed by atoms with van der Waals surface area (Å²) in [6.45, 7) is 0. The molecular weight excluding hydrogens is 266 g/mol. The second-order valence-electron chi connectivity index (χ2n) is 4.15. The lowest BCUT2D eigenvalue weighted by molar-refractivity contribution is 0.809. The molecule has 1 aliphatic carbocycles. The van der Waals surface area contributed by atoms with Gasteiger partial charge in [-0.2, -0.15) is 5.10 Å². The van der Waals surface area contributed by atoms with Gasteiger partial charge >= 0.3 is 0 Å². The van der Waals surface area contributed by atoms with Crippen molar-refractivity contribution in [2.24, 2.45) is 0 Å². The van der Waals surface area contributed by atoms with Gasteiger partial charge < -0.3 is 5.73 Å². The summed E-state index contributed by atoms with van der Waals surface area (Å²) in [5.41, 5.74) is 9.00. The van der Waals surface area contributed by atoms with Gasteiger partial charge in [-0.15, -0.1) is 0 Å². The Kier molecular flexibility index (Phi) is 2.24. The molecule has 1 heterocycles. The van der Waals surface area contributed by atoms with E-state index in [-0.39, 0.29) is 0 Å². The maximum Gasteiger partial charge on any atom is 0.0740 e. The lowest BCUT2D eigenvalue weighted by Gasteiger charge is -2.07. The summed E-state index contributed by atoms with van der Waals surface area (Å²) in [6.07, 6.45) is 4.20. The van der Waals surface area contributed by atoms with Crippen molar-refractivity contribution in [3.05, 3.63) is 40.6 Å². The van der Waals surface area contributed by atoms with Crippen molar-refractivity contribution in [1.29, 1.82) is 0 Å². The second kappa shape index (κ2) is 3.63. The van der Waals surface area contributed by atoms with Gasteiger partial charge in [0.05, 0.1) is 23.3 Å². The molecule has 3 rings (SSSR count). The van der Waals surface area contributed by atoms with Gasteiger partial charge in [-0.05, 0) is 31.0 Å². The van der Waals surface area contributed by atoms with Crippen molar-refractivity contribution in [3.63, 3.8) is 0 Å². The molecular formula is C12H12BrN3. The quantitative estimate of drug-likeness (QED) is 0.917. The van der Waals surface area contributed by atoms with Gasteiger partial charge in [0.25, 0.3) is 0 Å². The zero-order valence-corrected chi connectivity index (χ0v) is 10.3. The Morgan fingerprint density at radius 1 is 1.38 bits per heavy atom. The number of aromatic nitrogens is 2. The molecule has 0 atom stereocenters. The van der Waals surface area contributed by atoms with Crippen LogP contribution in [-0.2, 0) is 0 Å². The van der Waals surface area contributed by atoms with Crippen LogP contribution in [0.25, 0.3) is 5.69 Å².